The lowest BCUT2D eigenvalue weighted by Gasteiger charge is -2.35. The van der Waals surface area contributed by atoms with E-state index < -0.39 is 13.0 Å². The van der Waals surface area contributed by atoms with Gasteiger partial charge in [-0.15, -0.1) is 0 Å². The minimum absolute atomic E-state index is 0.00991. The number of anilines is 1. The molecule has 10 nitrogen and oxygen atoms in total. The SMILES string of the molecule is COc1nc(N[C@H]2C[C@]3(NC(C)=O)CC23)nc2[nH]cc(-c3cnc4nc(C)n(CC(F)F)c4c3)c12. The number of imidazole rings is 1. The zero-order valence-electron chi connectivity index (χ0n) is 19.4. The molecule has 0 spiro atoms. The molecule has 2 aliphatic rings. The van der Waals surface area contributed by atoms with E-state index in [0.29, 0.717) is 51.3 Å². The first-order chi connectivity index (χ1) is 16.8. The molecule has 4 aromatic heterocycles. The van der Waals surface area contributed by atoms with Crippen LogP contribution in [0.2, 0.25) is 0 Å². The van der Waals surface area contributed by atoms with Crippen molar-refractivity contribution in [2.24, 2.45) is 5.92 Å². The van der Waals surface area contributed by atoms with E-state index in [1.165, 1.54) is 18.6 Å². The highest BCUT2D eigenvalue weighted by Gasteiger charge is 2.68. The van der Waals surface area contributed by atoms with Crippen molar-refractivity contribution in [3.05, 3.63) is 24.3 Å². The van der Waals surface area contributed by atoms with E-state index in [1.807, 2.05) is 0 Å². The third-order valence-corrected chi connectivity index (χ3v) is 7.06. The highest BCUT2D eigenvalue weighted by atomic mass is 19.3. The fraction of sp³-hybridized carbons (Fsp3) is 0.435. The average Bonchev–Trinajstić information content (AvgIpc) is 3.08. The molecule has 1 unspecified atom stereocenters. The Balaban J connectivity index is 1.32. The highest BCUT2D eigenvalue weighted by molar-refractivity contribution is 5.98. The van der Waals surface area contributed by atoms with Gasteiger partial charge in [-0.25, -0.2) is 18.7 Å². The molecule has 0 saturated heterocycles. The topological polar surface area (TPSA) is 123 Å². The van der Waals surface area contributed by atoms with Gasteiger partial charge in [-0.05, 0) is 25.8 Å². The average molecular weight is 482 g/mol. The summed E-state index contributed by atoms with van der Waals surface area (Å²) >= 11 is 0. The zero-order chi connectivity index (χ0) is 24.5. The molecule has 2 saturated carbocycles. The summed E-state index contributed by atoms with van der Waals surface area (Å²) in [4.78, 5) is 32.5. The van der Waals surface area contributed by atoms with Gasteiger partial charge in [0.05, 0.1) is 24.6 Å². The van der Waals surface area contributed by atoms with Crippen LogP contribution in [0.15, 0.2) is 18.5 Å². The van der Waals surface area contributed by atoms with Crippen molar-refractivity contribution in [2.45, 2.75) is 51.2 Å². The lowest BCUT2D eigenvalue weighted by atomic mass is 9.87. The predicted molar refractivity (Wildman–Crippen MR) is 124 cm³/mol. The van der Waals surface area contributed by atoms with Gasteiger partial charge in [-0.3, -0.25) is 4.79 Å². The van der Waals surface area contributed by atoms with Crippen LogP contribution >= 0.6 is 0 Å². The van der Waals surface area contributed by atoms with Crippen LogP contribution in [0.4, 0.5) is 14.7 Å². The van der Waals surface area contributed by atoms with Gasteiger partial charge in [-0.1, -0.05) is 0 Å². The number of aromatic nitrogens is 6. The second-order valence-corrected chi connectivity index (χ2v) is 9.31. The Morgan fingerprint density at radius 3 is 2.89 bits per heavy atom. The quantitative estimate of drug-likeness (QED) is 0.370. The Labute approximate surface area is 198 Å². The third-order valence-electron chi connectivity index (χ3n) is 7.06. The number of aryl methyl sites for hydroxylation is 1. The maximum atomic E-state index is 13.1. The molecule has 0 aromatic carbocycles. The number of halogens is 2. The maximum Gasteiger partial charge on any atom is 0.256 e. The molecule has 3 atom stereocenters. The zero-order valence-corrected chi connectivity index (χ0v) is 19.4. The second kappa shape index (κ2) is 7.59. The number of amides is 1. The monoisotopic (exact) mass is 482 g/mol. The van der Waals surface area contributed by atoms with Crippen LogP contribution in [0.5, 0.6) is 5.88 Å². The lowest BCUT2D eigenvalue weighted by molar-refractivity contribution is -0.120. The van der Waals surface area contributed by atoms with E-state index in [4.69, 9.17) is 4.74 Å². The van der Waals surface area contributed by atoms with E-state index in [9.17, 15) is 13.6 Å². The summed E-state index contributed by atoms with van der Waals surface area (Å²) in [5, 5.41) is 7.08. The summed E-state index contributed by atoms with van der Waals surface area (Å²) in [5.74, 6) is 1.67. The van der Waals surface area contributed by atoms with Gasteiger partial charge in [0, 0.05) is 47.9 Å². The summed E-state index contributed by atoms with van der Waals surface area (Å²) < 4.78 is 33.3. The number of aromatic amines is 1. The van der Waals surface area contributed by atoms with Crippen LogP contribution in [0.1, 0.15) is 25.6 Å². The van der Waals surface area contributed by atoms with Crippen LogP contribution in [0.3, 0.4) is 0 Å². The summed E-state index contributed by atoms with van der Waals surface area (Å²) in [6.07, 6.45) is 2.71. The van der Waals surface area contributed by atoms with E-state index in [1.54, 1.807) is 25.4 Å². The number of fused-ring (bicyclic) bond motifs is 3. The molecule has 0 radical (unpaired) electrons. The van der Waals surface area contributed by atoms with Crippen molar-refractivity contribution in [1.29, 1.82) is 0 Å². The highest BCUT2D eigenvalue weighted by Crippen LogP contribution is 2.60. The van der Waals surface area contributed by atoms with Gasteiger partial charge in [0.15, 0.2) is 5.65 Å². The molecule has 1 amide bonds. The molecule has 35 heavy (non-hydrogen) atoms. The van der Waals surface area contributed by atoms with Gasteiger partial charge >= 0.3 is 0 Å². The maximum absolute atomic E-state index is 13.1. The number of ether oxygens (including phenoxy) is 1. The number of pyridine rings is 1. The van der Waals surface area contributed by atoms with E-state index >= 15 is 0 Å². The summed E-state index contributed by atoms with van der Waals surface area (Å²) in [6.45, 7) is 2.77. The Morgan fingerprint density at radius 1 is 1.34 bits per heavy atom. The smallest absolute Gasteiger partial charge is 0.256 e. The number of carbonyl (C=O) groups is 1. The van der Waals surface area contributed by atoms with Crippen LogP contribution in [0.25, 0.3) is 33.3 Å². The Morgan fingerprint density at radius 2 is 2.17 bits per heavy atom. The van der Waals surface area contributed by atoms with Gasteiger partial charge in [0.25, 0.3) is 6.43 Å². The van der Waals surface area contributed by atoms with Crippen molar-refractivity contribution < 1.29 is 18.3 Å². The molecular weight excluding hydrogens is 458 g/mol. The molecule has 182 valence electrons. The standard InChI is InChI=1S/C23H24F2N8O2/c1-10-28-19-16(33(10)9-17(24)25)4-12(7-26-19)13-8-27-20-18(13)21(35-3)31-22(30-20)29-15-6-23(5-14(15)23)32-11(2)34/h4,7-8,14-15,17H,5-6,9H2,1-3H3,(H,32,34)(H2,27,29,30,31)/t14?,15-,23+/m0/s1. The molecule has 2 aliphatic carbocycles. The van der Waals surface area contributed by atoms with Gasteiger partial charge in [0.2, 0.25) is 17.7 Å². The molecule has 4 aromatic rings. The summed E-state index contributed by atoms with van der Waals surface area (Å²) in [7, 11) is 1.54. The molecule has 12 heteroatoms. The molecule has 4 heterocycles. The Hall–Kier alpha value is -3.83. The van der Waals surface area contributed by atoms with Gasteiger partial charge < -0.3 is 24.9 Å². The van der Waals surface area contributed by atoms with Crippen LogP contribution in [-0.2, 0) is 11.3 Å². The van der Waals surface area contributed by atoms with Crippen molar-refractivity contribution in [3.8, 4) is 17.0 Å². The number of alkyl halides is 2. The second-order valence-electron chi connectivity index (χ2n) is 9.31. The van der Waals surface area contributed by atoms with Crippen LogP contribution in [0, 0.1) is 12.8 Å². The molecule has 6 rings (SSSR count). The fourth-order valence-electron chi connectivity index (χ4n) is 5.41. The van der Waals surface area contributed by atoms with Crippen LogP contribution < -0.4 is 15.4 Å². The van der Waals surface area contributed by atoms with Crippen molar-refractivity contribution >= 4 is 34.1 Å². The van der Waals surface area contributed by atoms with Gasteiger partial charge in [0.1, 0.15) is 11.5 Å². The fourth-order valence-corrected chi connectivity index (χ4v) is 5.41. The molecule has 2 fully saturated rings. The first kappa shape index (κ1) is 21.7. The molecule has 3 N–H and O–H groups in total. The number of hydrogen-bond acceptors (Lipinski definition) is 7. The first-order valence-corrected chi connectivity index (χ1v) is 11.4. The lowest BCUT2D eigenvalue weighted by Crippen LogP contribution is -2.51. The number of nitrogens with one attached hydrogen (secondary N) is 3. The number of H-pyrrole nitrogens is 1. The summed E-state index contributed by atoms with van der Waals surface area (Å²) in [5.41, 5.74) is 2.91. The van der Waals surface area contributed by atoms with Crippen LogP contribution in [-0.4, -0.2) is 60.5 Å². The number of rotatable bonds is 7. The minimum Gasteiger partial charge on any atom is -0.480 e. The van der Waals surface area contributed by atoms with E-state index in [-0.39, 0.29) is 17.5 Å². The molecule has 0 aliphatic heterocycles. The predicted octanol–water partition coefficient (Wildman–Crippen LogP) is 3.03. The number of nitrogens with zero attached hydrogens (tertiary/aromatic N) is 5. The molecule has 0 bridgehead atoms. The number of hydrogen-bond donors (Lipinski definition) is 3. The number of carbonyl (C=O) groups excluding carboxylic acids is 1. The normalized spacial score (nSPS) is 22.8. The minimum atomic E-state index is -2.50. The summed E-state index contributed by atoms with van der Waals surface area (Å²) in [6, 6.07) is 1.98. The Bertz CT molecular complexity index is 1480. The first-order valence-electron chi connectivity index (χ1n) is 11.4. The van der Waals surface area contributed by atoms with Crippen molar-refractivity contribution in [1.82, 2.24) is 34.8 Å². The number of methoxy groups -OCH3 is 1. The van der Waals surface area contributed by atoms with E-state index in [0.717, 1.165) is 18.4 Å². The van der Waals surface area contributed by atoms with Gasteiger partial charge in [-0.2, -0.15) is 9.97 Å². The molecular formula is C23H24F2N8O2. The van der Waals surface area contributed by atoms with E-state index in [2.05, 4.69) is 35.6 Å². The Kier molecular flexibility index (Phi) is 4.70. The largest absolute Gasteiger partial charge is 0.480 e. The van der Waals surface area contributed by atoms with Crippen molar-refractivity contribution in [2.75, 3.05) is 12.4 Å². The third kappa shape index (κ3) is 3.46. The van der Waals surface area contributed by atoms with Crippen molar-refractivity contribution in [3.63, 3.8) is 0 Å².